The molecular formula is C14H28N2O. The Kier molecular flexibility index (Phi) is 5.96. The quantitative estimate of drug-likeness (QED) is 0.802. The van der Waals surface area contributed by atoms with Crippen LogP contribution >= 0.6 is 0 Å². The molecule has 100 valence electrons. The van der Waals surface area contributed by atoms with E-state index in [9.17, 15) is 4.79 Å². The number of nitrogens with two attached hydrogens (primary N) is 1. The maximum absolute atomic E-state index is 12.5. The lowest BCUT2D eigenvalue weighted by Gasteiger charge is -2.35. The third kappa shape index (κ3) is 3.98. The highest BCUT2D eigenvalue weighted by Crippen LogP contribution is 2.29. The van der Waals surface area contributed by atoms with Gasteiger partial charge in [-0.25, -0.2) is 0 Å². The van der Waals surface area contributed by atoms with E-state index in [1.54, 1.807) is 0 Å². The second kappa shape index (κ2) is 7.00. The summed E-state index contributed by atoms with van der Waals surface area (Å²) in [5.74, 6) is 1.01. The third-order valence-electron chi connectivity index (χ3n) is 3.78. The Balaban J connectivity index is 2.63. The van der Waals surface area contributed by atoms with Crippen LogP contribution in [0.3, 0.4) is 0 Å². The highest BCUT2D eigenvalue weighted by Gasteiger charge is 2.33. The molecule has 0 aromatic rings. The molecular weight excluding hydrogens is 212 g/mol. The average Bonchev–Trinajstić information content (AvgIpc) is 2.31. The first-order chi connectivity index (χ1) is 8.10. The molecule has 1 amide bonds. The molecule has 1 aliphatic rings. The molecule has 3 heteroatoms. The summed E-state index contributed by atoms with van der Waals surface area (Å²) < 4.78 is 0. The molecule has 3 atom stereocenters. The number of rotatable bonds is 5. The zero-order chi connectivity index (χ0) is 12.8. The fourth-order valence-electron chi connectivity index (χ4n) is 2.79. The van der Waals surface area contributed by atoms with Crippen LogP contribution in [0.1, 0.15) is 52.9 Å². The molecule has 1 aliphatic carbocycles. The van der Waals surface area contributed by atoms with Crippen molar-refractivity contribution in [3.63, 3.8) is 0 Å². The molecule has 2 N–H and O–H groups in total. The van der Waals surface area contributed by atoms with Crippen molar-refractivity contribution in [3.05, 3.63) is 0 Å². The molecule has 1 rings (SSSR count). The van der Waals surface area contributed by atoms with E-state index in [-0.39, 0.29) is 12.0 Å². The highest BCUT2D eigenvalue weighted by atomic mass is 16.2. The average molecular weight is 240 g/mol. The fourth-order valence-corrected chi connectivity index (χ4v) is 2.79. The first-order valence-electron chi connectivity index (χ1n) is 7.14. The summed E-state index contributed by atoms with van der Waals surface area (Å²) >= 11 is 0. The van der Waals surface area contributed by atoms with Gasteiger partial charge in [0, 0.05) is 19.1 Å². The molecule has 17 heavy (non-hydrogen) atoms. The minimum absolute atomic E-state index is 0.0665. The van der Waals surface area contributed by atoms with Crippen molar-refractivity contribution < 1.29 is 4.79 Å². The van der Waals surface area contributed by atoms with Gasteiger partial charge in [0.15, 0.2) is 0 Å². The van der Waals surface area contributed by atoms with Crippen molar-refractivity contribution in [2.45, 2.75) is 58.9 Å². The van der Waals surface area contributed by atoms with Crippen LogP contribution in [0.2, 0.25) is 0 Å². The first kappa shape index (κ1) is 14.5. The zero-order valence-electron chi connectivity index (χ0n) is 11.6. The number of amides is 1. The molecule has 1 fully saturated rings. The van der Waals surface area contributed by atoms with Crippen LogP contribution in [0.4, 0.5) is 0 Å². The molecule has 0 spiro atoms. The van der Waals surface area contributed by atoms with Gasteiger partial charge in [0.1, 0.15) is 0 Å². The van der Waals surface area contributed by atoms with Gasteiger partial charge < -0.3 is 10.6 Å². The van der Waals surface area contributed by atoms with E-state index >= 15 is 0 Å². The number of carbonyl (C=O) groups is 1. The van der Waals surface area contributed by atoms with Crippen molar-refractivity contribution in [1.82, 2.24) is 4.90 Å². The minimum atomic E-state index is 0.0665. The molecule has 0 aliphatic heterocycles. The topological polar surface area (TPSA) is 46.3 Å². The zero-order valence-corrected chi connectivity index (χ0v) is 11.6. The van der Waals surface area contributed by atoms with Gasteiger partial charge in [-0.2, -0.15) is 0 Å². The molecule has 3 unspecified atom stereocenters. The Morgan fingerprint density at radius 1 is 1.24 bits per heavy atom. The normalized spacial score (nSPS) is 29.1. The Morgan fingerprint density at radius 3 is 2.35 bits per heavy atom. The lowest BCUT2D eigenvalue weighted by atomic mass is 9.78. The van der Waals surface area contributed by atoms with Crippen LogP contribution in [-0.2, 0) is 4.79 Å². The van der Waals surface area contributed by atoms with E-state index < -0.39 is 0 Å². The van der Waals surface area contributed by atoms with Gasteiger partial charge in [0.25, 0.3) is 0 Å². The van der Waals surface area contributed by atoms with Crippen molar-refractivity contribution in [2.75, 3.05) is 13.1 Å². The van der Waals surface area contributed by atoms with E-state index in [2.05, 4.69) is 20.8 Å². The summed E-state index contributed by atoms with van der Waals surface area (Å²) in [6.07, 6.45) is 5.21. The van der Waals surface area contributed by atoms with Crippen LogP contribution < -0.4 is 5.73 Å². The van der Waals surface area contributed by atoms with Crippen LogP contribution in [0.5, 0.6) is 0 Å². The van der Waals surface area contributed by atoms with Crippen molar-refractivity contribution in [2.24, 2.45) is 17.6 Å². The first-order valence-corrected chi connectivity index (χ1v) is 7.14. The standard InChI is InChI=1S/C14H28N2O/c1-4-8-16(9-5-2)14(17)12-10-11(3)6-7-13(12)15/h11-13H,4-10,15H2,1-3H3. The van der Waals surface area contributed by atoms with Crippen LogP contribution in [0.15, 0.2) is 0 Å². The SMILES string of the molecule is CCCN(CCC)C(=O)C1CC(C)CCC1N. The molecule has 0 aromatic carbocycles. The van der Waals surface area contributed by atoms with E-state index in [1.807, 2.05) is 4.90 Å². The molecule has 0 saturated heterocycles. The maximum Gasteiger partial charge on any atom is 0.227 e. The molecule has 0 heterocycles. The number of hydrogen-bond donors (Lipinski definition) is 1. The molecule has 0 aromatic heterocycles. The van der Waals surface area contributed by atoms with Crippen LogP contribution in [0.25, 0.3) is 0 Å². The van der Waals surface area contributed by atoms with Gasteiger partial charge >= 0.3 is 0 Å². The predicted octanol–water partition coefficient (Wildman–Crippen LogP) is 2.40. The fraction of sp³-hybridized carbons (Fsp3) is 0.929. The second-order valence-electron chi connectivity index (χ2n) is 5.51. The van der Waals surface area contributed by atoms with Gasteiger partial charge in [0.2, 0.25) is 5.91 Å². The van der Waals surface area contributed by atoms with E-state index in [0.29, 0.717) is 11.8 Å². The second-order valence-corrected chi connectivity index (χ2v) is 5.51. The Hall–Kier alpha value is -0.570. The summed E-state index contributed by atoms with van der Waals surface area (Å²) in [7, 11) is 0. The van der Waals surface area contributed by atoms with E-state index in [1.165, 1.54) is 6.42 Å². The molecule has 0 bridgehead atoms. The predicted molar refractivity (Wildman–Crippen MR) is 71.6 cm³/mol. The van der Waals surface area contributed by atoms with E-state index in [0.717, 1.165) is 38.8 Å². The maximum atomic E-state index is 12.5. The smallest absolute Gasteiger partial charge is 0.227 e. The van der Waals surface area contributed by atoms with Crippen molar-refractivity contribution >= 4 is 5.91 Å². The van der Waals surface area contributed by atoms with Crippen LogP contribution in [-0.4, -0.2) is 29.9 Å². The Labute approximate surface area is 106 Å². The van der Waals surface area contributed by atoms with E-state index in [4.69, 9.17) is 5.73 Å². The van der Waals surface area contributed by atoms with Gasteiger partial charge in [-0.1, -0.05) is 20.8 Å². The highest BCUT2D eigenvalue weighted by molar-refractivity contribution is 5.79. The minimum Gasteiger partial charge on any atom is -0.342 e. The van der Waals surface area contributed by atoms with Gasteiger partial charge in [0.05, 0.1) is 5.92 Å². The lowest BCUT2D eigenvalue weighted by Crippen LogP contribution is -2.47. The van der Waals surface area contributed by atoms with Gasteiger partial charge in [-0.05, 0) is 38.0 Å². The third-order valence-corrected chi connectivity index (χ3v) is 3.78. The Morgan fingerprint density at radius 2 is 1.82 bits per heavy atom. The summed E-state index contributed by atoms with van der Waals surface area (Å²) in [5, 5.41) is 0. The van der Waals surface area contributed by atoms with Crippen molar-refractivity contribution in [3.8, 4) is 0 Å². The number of nitrogens with zero attached hydrogens (tertiary/aromatic N) is 1. The number of hydrogen-bond acceptors (Lipinski definition) is 2. The molecule has 3 nitrogen and oxygen atoms in total. The van der Waals surface area contributed by atoms with Crippen molar-refractivity contribution in [1.29, 1.82) is 0 Å². The monoisotopic (exact) mass is 240 g/mol. The summed E-state index contributed by atoms with van der Waals surface area (Å²) in [5.41, 5.74) is 6.12. The summed E-state index contributed by atoms with van der Waals surface area (Å²) in [6, 6.07) is 0.0786. The molecule has 0 radical (unpaired) electrons. The lowest BCUT2D eigenvalue weighted by molar-refractivity contribution is -0.137. The molecule has 1 saturated carbocycles. The van der Waals surface area contributed by atoms with Crippen LogP contribution in [0, 0.1) is 11.8 Å². The van der Waals surface area contributed by atoms with Gasteiger partial charge in [-0.3, -0.25) is 4.79 Å². The summed E-state index contributed by atoms with van der Waals surface area (Å²) in [4.78, 5) is 14.5. The van der Waals surface area contributed by atoms with Gasteiger partial charge in [-0.15, -0.1) is 0 Å². The largest absolute Gasteiger partial charge is 0.342 e. The Bertz CT molecular complexity index is 236. The number of carbonyl (C=O) groups excluding carboxylic acids is 1. The summed E-state index contributed by atoms with van der Waals surface area (Å²) in [6.45, 7) is 8.24.